The van der Waals surface area contributed by atoms with Crippen molar-refractivity contribution in [3.8, 4) is 17.0 Å². The van der Waals surface area contributed by atoms with E-state index in [2.05, 4.69) is 5.10 Å². The lowest BCUT2D eigenvalue weighted by molar-refractivity contribution is -0.733. The Labute approximate surface area is 125 Å². The Bertz CT molecular complexity index is 887. The maximum absolute atomic E-state index is 12.7. The van der Waals surface area contributed by atoms with Gasteiger partial charge in [-0.25, -0.2) is 9.36 Å². The van der Waals surface area contributed by atoms with Gasteiger partial charge in [-0.2, -0.15) is 13.2 Å². The van der Waals surface area contributed by atoms with E-state index in [-0.39, 0.29) is 16.1 Å². The lowest BCUT2D eigenvalue weighted by atomic mass is 10.1. The molecule has 5 nitrogen and oxygen atoms in total. The first-order valence-electron chi connectivity index (χ1n) is 6.10. The summed E-state index contributed by atoms with van der Waals surface area (Å²) in [6.45, 7) is -1.47. The summed E-state index contributed by atoms with van der Waals surface area (Å²) in [4.78, 5) is 12.2. The Morgan fingerprint density at radius 3 is 2.59 bits per heavy atom. The van der Waals surface area contributed by atoms with Crippen molar-refractivity contribution in [3.05, 3.63) is 46.2 Å². The van der Waals surface area contributed by atoms with Crippen molar-refractivity contribution in [2.45, 2.75) is 12.7 Å². The molecule has 0 saturated heterocycles. The summed E-state index contributed by atoms with van der Waals surface area (Å²) in [6.07, 6.45) is -4.58. The summed E-state index contributed by atoms with van der Waals surface area (Å²) in [6, 6.07) is 7.86. The number of halogens is 3. The minimum Gasteiger partial charge on any atom is -0.842 e. The van der Waals surface area contributed by atoms with Crippen molar-refractivity contribution in [3.63, 3.8) is 0 Å². The molecule has 0 saturated carbocycles. The number of fused-ring (bicyclic) bond motifs is 1. The second-order valence-electron chi connectivity index (χ2n) is 4.49. The Balaban J connectivity index is 2.36. The zero-order valence-electron chi connectivity index (χ0n) is 10.9. The van der Waals surface area contributed by atoms with E-state index < -0.39 is 24.2 Å². The van der Waals surface area contributed by atoms with Crippen molar-refractivity contribution in [1.82, 2.24) is 9.61 Å². The van der Waals surface area contributed by atoms with Crippen LogP contribution < -0.4 is 15.2 Å². The summed E-state index contributed by atoms with van der Waals surface area (Å²) in [5.74, 6) is -0.974. The summed E-state index contributed by atoms with van der Waals surface area (Å²) in [5.41, 5.74) is 0.424. The van der Waals surface area contributed by atoms with Crippen LogP contribution in [0.5, 0.6) is 5.88 Å². The van der Waals surface area contributed by atoms with Crippen molar-refractivity contribution < 1.29 is 22.8 Å². The number of rotatable bonds is 2. The van der Waals surface area contributed by atoms with Gasteiger partial charge in [0.2, 0.25) is 0 Å². The van der Waals surface area contributed by atoms with Crippen molar-refractivity contribution in [2.24, 2.45) is 0 Å². The van der Waals surface area contributed by atoms with Gasteiger partial charge >= 0.3 is 16.7 Å². The fourth-order valence-electron chi connectivity index (χ4n) is 2.12. The van der Waals surface area contributed by atoms with Crippen molar-refractivity contribution >= 4 is 16.3 Å². The van der Waals surface area contributed by atoms with E-state index in [1.54, 1.807) is 18.2 Å². The molecular formula is C13H8F3N3O2S. The second-order valence-corrected chi connectivity index (χ2v) is 5.30. The van der Waals surface area contributed by atoms with Gasteiger partial charge in [-0.05, 0) is 21.4 Å². The average molecular weight is 327 g/mol. The number of aromatic nitrogens is 3. The number of hydrogen-bond donors (Lipinski definition) is 0. The van der Waals surface area contributed by atoms with Gasteiger partial charge in [0.15, 0.2) is 6.54 Å². The SMILES string of the molecule is O=c1c(-c2ccccc2)c([O-])[n+](CC(F)(F)F)c2scnn12. The Morgan fingerprint density at radius 1 is 1.27 bits per heavy atom. The smallest absolute Gasteiger partial charge is 0.426 e. The topological polar surface area (TPSA) is 61.3 Å². The lowest BCUT2D eigenvalue weighted by Gasteiger charge is -2.16. The van der Waals surface area contributed by atoms with Crippen LogP contribution in [-0.4, -0.2) is 15.8 Å². The van der Waals surface area contributed by atoms with E-state index in [9.17, 15) is 23.1 Å². The first kappa shape index (κ1) is 14.5. The van der Waals surface area contributed by atoms with Gasteiger partial charge in [-0.1, -0.05) is 35.4 Å². The van der Waals surface area contributed by atoms with Gasteiger partial charge < -0.3 is 5.11 Å². The predicted octanol–water partition coefficient (Wildman–Crippen LogP) is 1.35. The standard InChI is InChI=1S/C13H8F3N3O2S/c14-13(15,16)6-18-10(20)9(8-4-2-1-3-5-8)11(21)19-12(18)22-7-17-19/h1-5,7H,6H2. The van der Waals surface area contributed by atoms with Gasteiger partial charge in [0, 0.05) is 0 Å². The van der Waals surface area contributed by atoms with Crippen LogP contribution >= 0.6 is 11.3 Å². The predicted molar refractivity (Wildman–Crippen MR) is 70.5 cm³/mol. The molecule has 0 N–H and O–H groups in total. The molecular weight excluding hydrogens is 319 g/mol. The molecule has 2 aromatic heterocycles. The molecule has 0 aliphatic rings. The quantitative estimate of drug-likeness (QED) is 0.668. The van der Waals surface area contributed by atoms with Gasteiger partial charge in [0.25, 0.3) is 0 Å². The summed E-state index contributed by atoms with van der Waals surface area (Å²) in [7, 11) is 0. The molecule has 0 atom stereocenters. The fraction of sp³-hybridized carbons (Fsp3) is 0.154. The first-order valence-corrected chi connectivity index (χ1v) is 6.98. The molecule has 0 aliphatic carbocycles. The molecule has 2 heterocycles. The van der Waals surface area contributed by atoms with Crippen molar-refractivity contribution in [2.75, 3.05) is 0 Å². The highest BCUT2D eigenvalue weighted by molar-refractivity contribution is 7.14. The lowest BCUT2D eigenvalue weighted by Crippen LogP contribution is -2.47. The third-order valence-electron chi connectivity index (χ3n) is 3.00. The van der Waals surface area contributed by atoms with E-state index in [1.165, 1.54) is 17.6 Å². The van der Waals surface area contributed by atoms with Crippen LogP contribution in [0.2, 0.25) is 0 Å². The molecule has 3 aromatic rings. The minimum atomic E-state index is -4.58. The molecule has 0 unspecified atom stereocenters. The van der Waals surface area contributed by atoms with E-state index >= 15 is 0 Å². The van der Waals surface area contributed by atoms with E-state index in [0.29, 0.717) is 4.57 Å². The first-order chi connectivity index (χ1) is 10.4. The normalized spacial score (nSPS) is 12.0. The monoisotopic (exact) mass is 327 g/mol. The molecule has 114 valence electrons. The molecule has 0 amide bonds. The van der Waals surface area contributed by atoms with Crippen LogP contribution in [0.1, 0.15) is 0 Å². The molecule has 0 radical (unpaired) electrons. The van der Waals surface area contributed by atoms with Crippen LogP contribution in [0.3, 0.4) is 0 Å². The van der Waals surface area contributed by atoms with Crippen LogP contribution in [0.4, 0.5) is 13.2 Å². The maximum Gasteiger partial charge on any atom is 0.426 e. The van der Waals surface area contributed by atoms with Crippen LogP contribution in [0.15, 0.2) is 40.6 Å². The highest BCUT2D eigenvalue weighted by atomic mass is 32.1. The van der Waals surface area contributed by atoms with Crippen LogP contribution in [0.25, 0.3) is 16.1 Å². The average Bonchev–Trinajstić information content (AvgIpc) is 2.93. The zero-order chi connectivity index (χ0) is 15.9. The van der Waals surface area contributed by atoms with Gasteiger partial charge in [-0.3, -0.25) is 0 Å². The summed E-state index contributed by atoms with van der Waals surface area (Å²) in [5, 5.41) is 16.1. The van der Waals surface area contributed by atoms with Crippen molar-refractivity contribution in [1.29, 1.82) is 0 Å². The fourth-order valence-corrected chi connectivity index (χ4v) is 2.86. The van der Waals surface area contributed by atoms with Gasteiger partial charge in [-0.15, -0.1) is 0 Å². The number of alkyl halides is 3. The zero-order valence-corrected chi connectivity index (χ0v) is 11.7. The highest BCUT2D eigenvalue weighted by Gasteiger charge is 2.34. The number of hydrogen-bond acceptors (Lipinski definition) is 4. The highest BCUT2D eigenvalue weighted by Crippen LogP contribution is 2.23. The van der Waals surface area contributed by atoms with E-state index in [4.69, 9.17) is 0 Å². The summed E-state index contributed by atoms with van der Waals surface area (Å²) < 4.78 is 39.5. The molecule has 3 rings (SSSR count). The molecule has 0 spiro atoms. The Hall–Kier alpha value is -2.42. The summed E-state index contributed by atoms with van der Waals surface area (Å²) >= 11 is 0.802. The third-order valence-corrected chi connectivity index (χ3v) is 3.80. The second kappa shape index (κ2) is 5.09. The molecule has 0 bridgehead atoms. The van der Waals surface area contributed by atoms with E-state index in [0.717, 1.165) is 15.9 Å². The molecule has 1 aromatic carbocycles. The molecule has 0 aliphatic heterocycles. The number of benzene rings is 1. The molecule has 9 heteroatoms. The van der Waals surface area contributed by atoms with Crippen LogP contribution in [-0.2, 0) is 6.54 Å². The van der Waals surface area contributed by atoms with E-state index in [1.807, 2.05) is 0 Å². The molecule has 22 heavy (non-hydrogen) atoms. The number of nitrogens with zero attached hydrogens (tertiary/aromatic N) is 3. The maximum atomic E-state index is 12.7. The Morgan fingerprint density at radius 2 is 1.95 bits per heavy atom. The Kier molecular flexibility index (Phi) is 3.36. The molecule has 0 fully saturated rings. The van der Waals surface area contributed by atoms with Crippen LogP contribution in [0, 0.1) is 0 Å². The largest absolute Gasteiger partial charge is 0.842 e. The van der Waals surface area contributed by atoms with Gasteiger partial charge in [0.1, 0.15) is 11.1 Å². The minimum absolute atomic E-state index is 0.146. The third kappa shape index (κ3) is 2.43. The van der Waals surface area contributed by atoms with Gasteiger partial charge in [0.05, 0.1) is 5.88 Å².